The number of halogens is 1. The summed E-state index contributed by atoms with van der Waals surface area (Å²) in [6.07, 6.45) is 1.69. The van der Waals surface area contributed by atoms with Crippen LogP contribution in [-0.2, 0) is 0 Å². The van der Waals surface area contributed by atoms with Crippen LogP contribution < -0.4 is 5.32 Å². The Kier molecular flexibility index (Phi) is 3.34. The molecule has 1 amide bonds. The highest BCUT2D eigenvalue weighted by atomic mass is 35.5. The Morgan fingerprint density at radius 3 is 2.71 bits per heavy atom. The molecule has 0 radical (unpaired) electrons. The van der Waals surface area contributed by atoms with Crippen molar-refractivity contribution in [2.24, 2.45) is 0 Å². The van der Waals surface area contributed by atoms with E-state index in [1.807, 2.05) is 13.8 Å². The molecule has 0 unspecified atom stereocenters. The molecule has 0 fully saturated rings. The van der Waals surface area contributed by atoms with E-state index in [1.165, 1.54) is 11.3 Å². The van der Waals surface area contributed by atoms with Gasteiger partial charge in [-0.3, -0.25) is 4.79 Å². The summed E-state index contributed by atoms with van der Waals surface area (Å²) in [5, 5.41) is 6.77. The first-order valence-electron chi connectivity index (χ1n) is 4.14. The number of carbonyl (C=O) groups is 1. The lowest BCUT2D eigenvalue weighted by Gasteiger charge is -2.21. The molecule has 0 aliphatic carbocycles. The van der Waals surface area contributed by atoms with Crippen LogP contribution in [0.2, 0.25) is 5.02 Å². The van der Waals surface area contributed by atoms with Crippen LogP contribution in [0.3, 0.4) is 0 Å². The van der Waals surface area contributed by atoms with E-state index >= 15 is 0 Å². The van der Waals surface area contributed by atoms with Gasteiger partial charge in [0, 0.05) is 10.8 Å². The first kappa shape index (κ1) is 11.3. The minimum atomic E-state index is -0.414. The van der Waals surface area contributed by atoms with Crippen LogP contribution in [0.1, 0.15) is 24.2 Å². The average molecular weight is 230 g/mol. The fourth-order valence-corrected chi connectivity index (χ4v) is 1.90. The van der Waals surface area contributed by atoms with Gasteiger partial charge in [0.2, 0.25) is 0 Å². The molecule has 0 atom stereocenters. The lowest BCUT2D eigenvalue weighted by atomic mass is 10.1. The Hall–Kier alpha value is -0.800. The molecule has 0 aliphatic rings. The van der Waals surface area contributed by atoms with Gasteiger partial charge in [0.1, 0.15) is 0 Å². The fraction of sp³-hybridized carbons (Fsp3) is 0.300. The normalized spacial score (nSPS) is 11.1. The molecule has 0 saturated heterocycles. The van der Waals surface area contributed by atoms with Crippen molar-refractivity contribution in [2.45, 2.75) is 19.4 Å². The molecule has 14 heavy (non-hydrogen) atoms. The maximum atomic E-state index is 11.7. The van der Waals surface area contributed by atoms with Gasteiger partial charge < -0.3 is 5.32 Å². The monoisotopic (exact) mass is 229 g/mol. The topological polar surface area (TPSA) is 29.1 Å². The van der Waals surface area contributed by atoms with Crippen LogP contribution in [0.5, 0.6) is 0 Å². The van der Waals surface area contributed by atoms with Gasteiger partial charge in [0.25, 0.3) is 5.91 Å². The summed E-state index contributed by atoms with van der Waals surface area (Å²) in [5.41, 5.74) is 0.106. The average Bonchev–Trinajstić information content (AvgIpc) is 2.51. The van der Waals surface area contributed by atoms with Gasteiger partial charge in [-0.2, -0.15) is 0 Å². The third kappa shape index (κ3) is 2.59. The summed E-state index contributed by atoms with van der Waals surface area (Å²) < 4.78 is 0. The van der Waals surface area contributed by atoms with Crippen molar-refractivity contribution >= 4 is 28.8 Å². The third-order valence-electron chi connectivity index (χ3n) is 1.81. The van der Waals surface area contributed by atoms with E-state index in [4.69, 9.17) is 11.6 Å². The quantitative estimate of drug-likeness (QED) is 0.793. The summed E-state index contributed by atoms with van der Waals surface area (Å²) in [7, 11) is 0. The molecule has 1 aromatic heterocycles. The molecule has 0 saturated carbocycles. The van der Waals surface area contributed by atoms with Crippen LogP contribution >= 0.6 is 22.9 Å². The summed E-state index contributed by atoms with van der Waals surface area (Å²) >= 11 is 7.24. The van der Waals surface area contributed by atoms with Gasteiger partial charge in [-0.1, -0.05) is 17.7 Å². The number of hydrogen-bond donors (Lipinski definition) is 1. The van der Waals surface area contributed by atoms with Crippen molar-refractivity contribution in [3.05, 3.63) is 34.0 Å². The molecule has 0 spiro atoms. The highest BCUT2D eigenvalue weighted by Crippen LogP contribution is 2.21. The number of carbonyl (C=O) groups excluding carboxylic acids is 1. The highest BCUT2D eigenvalue weighted by Gasteiger charge is 2.19. The van der Waals surface area contributed by atoms with Crippen LogP contribution in [0.15, 0.2) is 23.4 Å². The number of thiophene rings is 1. The maximum absolute atomic E-state index is 11.7. The second-order valence-electron chi connectivity index (χ2n) is 3.51. The zero-order valence-electron chi connectivity index (χ0n) is 8.13. The minimum Gasteiger partial charge on any atom is -0.344 e. The van der Waals surface area contributed by atoms with E-state index in [9.17, 15) is 4.79 Å². The smallest absolute Gasteiger partial charge is 0.254 e. The zero-order chi connectivity index (χ0) is 10.8. The Morgan fingerprint density at radius 2 is 2.29 bits per heavy atom. The second-order valence-corrected chi connectivity index (χ2v) is 4.66. The molecule has 1 heterocycles. The van der Waals surface area contributed by atoms with Crippen molar-refractivity contribution in [3.8, 4) is 0 Å². The van der Waals surface area contributed by atoms with Crippen LogP contribution in [0, 0.1) is 0 Å². The lowest BCUT2D eigenvalue weighted by Crippen LogP contribution is -2.41. The predicted molar refractivity (Wildman–Crippen MR) is 61.1 cm³/mol. The van der Waals surface area contributed by atoms with Gasteiger partial charge >= 0.3 is 0 Å². The molecule has 4 heteroatoms. The van der Waals surface area contributed by atoms with E-state index in [1.54, 1.807) is 16.8 Å². The van der Waals surface area contributed by atoms with E-state index < -0.39 is 5.54 Å². The first-order valence-corrected chi connectivity index (χ1v) is 5.46. The molecule has 1 rings (SSSR count). The SMILES string of the molecule is C=CC(C)(C)NC(=O)c1cscc1Cl. The van der Waals surface area contributed by atoms with E-state index in [0.29, 0.717) is 10.6 Å². The van der Waals surface area contributed by atoms with E-state index in [-0.39, 0.29) is 5.91 Å². The molecule has 1 N–H and O–H groups in total. The second kappa shape index (κ2) is 4.15. The highest BCUT2D eigenvalue weighted by molar-refractivity contribution is 7.08. The summed E-state index contributed by atoms with van der Waals surface area (Å²) in [6, 6.07) is 0. The Morgan fingerprint density at radius 1 is 1.64 bits per heavy atom. The van der Waals surface area contributed by atoms with Crippen molar-refractivity contribution < 1.29 is 4.79 Å². The third-order valence-corrected chi connectivity index (χ3v) is 2.99. The van der Waals surface area contributed by atoms with E-state index in [0.717, 1.165) is 0 Å². The zero-order valence-corrected chi connectivity index (χ0v) is 9.71. The number of nitrogens with one attached hydrogen (secondary N) is 1. The van der Waals surface area contributed by atoms with Crippen molar-refractivity contribution in [3.63, 3.8) is 0 Å². The van der Waals surface area contributed by atoms with Crippen molar-refractivity contribution in [2.75, 3.05) is 0 Å². The van der Waals surface area contributed by atoms with Crippen molar-refractivity contribution in [1.29, 1.82) is 0 Å². The number of amides is 1. The van der Waals surface area contributed by atoms with E-state index in [2.05, 4.69) is 11.9 Å². The number of hydrogen-bond acceptors (Lipinski definition) is 2. The standard InChI is InChI=1S/C10H12ClNOS/c1-4-10(2,3)12-9(13)7-5-14-6-8(7)11/h4-6H,1H2,2-3H3,(H,12,13). The van der Waals surface area contributed by atoms with Gasteiger partial charge in [0.05, 0.1) is 16.1 Å². The molecule has 0 aromatic carbocycles. The molecule has 0 bridgehead atoms. The Labute approximate surface area is 92.6 Å². The van der Waals surface area contributed by atoms with Crippen LogP contribution in [0.25, 0.3) is 0 Å². The fourth-order valence-electron chi connectivity index (χ4n) is 0.855. The minimum absolute atomic E-state index is 0.166. The molecule has 0 aliphatic heterocycles. The molecular weight excluding hydrogens is 218 g/mol. The van der Waals surface area contributed by atoms with Gasteiger partial charge in [0.15, 0.2) is 0 Å². The van der Waals surface area contributed by atoms with Gasteiger partial charge in [-0.15, -0.1) is 17.9 Å². The first-order chi connectivity index (χ1) is 6.46. The molecule has 2 nitrogen and oxygen atoms in total. The van der Waals surface area contributed by atoms with Gasteiger partial charge in [-0.25, -0.2) is 0 Å². The van der Waals surface area contributed by atoms with Crippen LogP contribution in [-0.4, -0.2) is 11.4 Å². The summed E-state index contributed by atoms with van der Waals surface area (Å²) in [4.78, 5) is 11.7. The van der Waals surface area contributed by atoms with Crippen molar-refractivity contribution in [1.82, 2.24) is 5.32 Å². The molecule has 76 valence electrons. The van der Waals surface area contributed by atoms with Gasteiger partial charge in [-0.05, 0) is 13.8 Å². The molecular formula is C10H12ClNOS. The molecule has 1 aromatic rings. The Bertz CT molecular complexity index is 357. The maximum Gasteiger partial charge on any atom is 0.254 e. The summed E-state index contributed by atoms with van der Waals surface area (Å²) in [5.74, 6) is -0.166. The Balaban J connectivity index is 2.78. The summed E-state index contributed by atoms with van der Waals surface area (Å²) in [6.45, 7) is 7.39. The largest absolute Gasteiger partial charge is 0.344 e. The predicted octanol–water partition coefficient (Wildman–Crippen LogP) is 3.10. The lowest BCUT2D eigenvalue weighted by molar-refractivity contribution is 0.0928. The number of rotatable bonds is 3. The van der Waals surface area contributed by atoms with Crippen LogP contribution in [0.4, 0.5) is 0 Å².